The molecule has 0 aliphatic carbocycles. The fraction of sp³-hybridized carbons (Fsp3) is 0.667. The highest BCUT2D eigenvalue weighted by atomic mass is 32.1. The first-order valence-corrected chi connectivity index (χ1v) is 7.95. The first-order chi connectivity index (χ1) is 9.01. The van der Waals surface area contributed by atoms with Crippen LogP contribution in [0.4, 0.5) is 0 Å². The molecular weight excluding hydrogens is 256 g/mol. The Balaban J connectivity index is 1.97. The second-order valence-electron chi connectivity index (χ2n) is 5.98. The molecule has 3 nitrogen and oxygen atoms in total. The minimum absolute atomic E-state index is 0.100. The predicted octanol–water partition coefficient (Wildman–Crippen LogP) is 2.95. The van der Waals surface area contributed by atoms with Crippen LogP contribution in [0.1, 0.15) is 44.5 Å². The summed E-state index contributed by atoms with van der Waals surface area (Å²) in [7, 11) is 0. The minimum atomic E-state index is -0.307. The number of carbonyl (C=O) groups excluding carboxylic acids is 1. The number of hydrogen-bond acceptors (Lipinski definition) is 3. The van der Waals surface area contributed by atoms with Crippen molar-refractivity contribution in [3.63, 3.8) is 0 Å². The summed E-state index contributed by atoms with van der Waals surface area (Å²) in [6, 6.07) is 4.20. The number of piperidine rings is 1. The van der Waals surface area contributed by atoms with Crippen molar-refractivity contribution in [2.45, 2.75) is 39.7 Å². The molecule has 4 heteroatoms. The van der Waals surface area contributed by atoms with E-state index >= 15 is 0 Å². The normalized spacial score (nSPS) is 21.9. The van der Waals surface area contributed by atoms with Crippen LogP contribution in [0.25, 0.3) is 0 Å². The van der Waals surface area contributed by atoms with E-state index in [1.807, 2.05) is 11.4 Å². The van der Waals surface area contributed by atoms with Gasteiger partial charge in [-0.15, -0.1) is 11.3 Å². The highest BCUT2D eigenvalue weighted by molar-refractivity contribution is 7.10. The van der Waals surface area contributed by atoms with E-state index in [1.165, 1.54) is 11.3 Å². The molecule has 0 aromatic carbocycles. The van der Waals surface area contributed by atoms with E-state index in [4.69, 9.17) is 0 Å². The third-order valence-electron chi connectivity index (χ3n) is 4.22. The lowest BCUT2D eigenvalue weighted by atomic mass is 9.74. The van der Waals surface area contributed by atoms with Crippen molar-refractivity contribution in [3.8, 4) is 0 Å². The summed E-state index contributed by atoms with van der Waals surface area (Å²) in [5, 5.41) is 8.61. The van der Waals surface area contributed by atoms with E-state index in [0.29, 0.717) is 5.92 Å². The monoisotopic (exact) mass is 280 g/mol. The Morgan fingerprint density at radius 1 is 1.58 bits per heavy atom. The van der Waals surface area contributed by atoms with Crippen LogP contribution in [0.3, 0.4) is 0 Å². The van der Waals surface area contributed by atoms with Gasteiger partial charge in [-0.1, -0.05) is 19.9 Å². The summed E-state index contributed by atoms with van der Waals surface area (Å²) in [5.41, 5.74) is -0.307. The molecule has 1 amide bonds. The lowest BCUT2D eigenvalue weighted by Gasteiger charge is -2.36. The van der Waals surface area contributed by atoms with E-state index in [9.17, 15) is 4.79 Å². The van der Waals surface area contributed by atoms with Crippen LogP contribution in [0.2, 0.25) is 0 Å². The zero-order valence-electron chi connectivity index (χ0n) is 12.0. The van der Waals surface area contributed by atoms with E-state index < -0.39 is 0 Å². The van der Waals surface area contributed by atoms with Gasteiger partial charge in [0.2, 0.25) is 5.91 Å². The number of hydrogen-bond donors (Lipinski definition) is 2. The molecule has 1 fully saturated rings. The maximum atomic E-state index is 12.5. The highest BCUT2D eigenvalue weighted by Crippen LogP contribution is 2.33. The molecule has 19 heavy (non-hydrogen) atoms. The quantitative estimate of drug-likeness (QED) is 0.890. The smallest absolute Gasteiger partial charge is 0.226 e. The number of carbonyl (C=O) groups is 1. The van der Waals surface area contributed by atoms with Crippen LogP contribution in [0.15, 0.2) is 17.5 Å². The number of thiophene rings is 1. The zero-order valence-corrected chi connectivity index (χ0v) is 12.8. The summed E-state index contributed by atoms with van der Waals surface area (Å²) >= 11 is 1.69. The van der Waals surface area contributed by atoms with Crippen molar-refractivity contribution in [2.24, 2.45) is 11.3 Å². The number of rotatable bonds is 4. The summed E-state index contributed by atoms with van der Waals surface area (Å²) < 4.78 is 0. The minimum Gasteiger partial charge on any atom is -0.348 e. The molecule has 1 aromatic rings. The van der Waals surface area contributed by atoms with Gasteiger partial charge in [0.25, 0.3) is 0 Å². The largest absolute Gasteiger partial charge is 0.348 e. The molecule has 2 atom stereocenters. The molecule has 1 aliphatic rings. The van der Waals surface area contributed by atoms with E-state index in [0.717, 1.165) is 19.5 Å². The van der Waals surface area contributed by atoms with Crippen molar-refractivity contribution < 1.29 is 4.79 Å². The molecule has 0 spiro atoms. The molecule has 2 heterocycles. The third kappa shape index (κ3) is 3.37. The van der Waals surface area contributed by atoms with Gasteiger partial charge in [0.05, 0.1) is 6.04 Å². The van der Waals surface area contributed by atoms with E-state index in [1.54, 1.807) is 11.3 Å². The van der Waals surface area contributed by atoms with Gasteiger partial charge < -0.3 is 10.6 Å². The molecule has 0 radical (unpaired) electrons. The molecule has 1 aromatic heterocycles. The molecule has 1 aliphatic heterocycles. The third-order valence-corrected chi connectivity index (χ3v) is 5.28. The number of amides is 1. The average molecular weight is 280 g/mol. The standard InChI is InChI=1S/C15H24N2OS/c1-11(13-7-5-9-19-13)17-14(18)15(2,3)12-6-4-8-16-10-12/h5,7,9,11-12,16H,4,6,8,10H2,1-3H3,(H,17,18)/t11-,12?/m1/s1. The van der Waals surface area contributed by atoms with Gasteiger partial charge in [-0.25, -0.2) is 0 Å². The van der Waals surface area contributed by atoms with Gasteiger partial charge in [0.15, 0.2) is 0 Å². The second-order valence-corrected chi connectivity index (χ2v) is 6.95. The molecule has 106 valence electrons. The summed E-state index contributed by atoms with van der Waals surface area (Å²) in [4.78, 5) is 13.7. The van der Waals surface area contributed by atoms with Crippen LogP contribution in [-0.2, 0) is 4.79 Å². The van der Waals surface area contributed by atoms with Gasteiger partial charge in [-0.2, -0.15) is 0 Å². The molecule has 1 saturated heterocycles. The van der Waals surface area contributed by atoms with Crippen LogP contribution in [-0.4, -0.2) is 19.0 Å². The first kappa shape index (κ1) is 14.5. The Kier molecular flexibility index (Phi) is 4.63. The fourth-order valence-electron chi connectivity index (χ4n) is 2.64. The predicted molar refractivity (Wildman–Crippen MR) is 80.3 cm³/mol. The average Bonchev–Trinajstić information content (AvgIpc) is 2.93. The lowest BCUT2D eigenvalue weighted by Crippen LogP contribution is -2.47. The molecule has 0 saturated carbocycles. The van der Waals surface area contributed by atoms with Crippen LogP contribution >= 0.6 is 11.3 Å². The van der Waals surface area contributed by atoms with Gasteiger partial charge in [0.1, 0.15) is 0 Å². The van der Waals surface area contributed by atoms with E-state index in [-0.39, 0.29) is 17.4 Å². The van der Waals surface area contributed by atoms with E-state index in [2.05, 4.69) is 37.5 Å². The van der Waals surface area contributed by atoms with Crippen LogP contribution < -0.4 is 10.6 Å². The second kappa shape index (κ2) is 6.06. The van der Waals surface area contributed by atoms with Gasteiger partial charge in [0, 0.05) is 10.3 Å². The highest BCUT2D eigenvalue weighted by Gasteiger charge is 2.37. The van der Waals surface area contributed by atoms with Crippen molar-refractivity contribution in [1.82, 2.24) is 10.6 Å². The topological polar surface area (TPSA) is 41.1 Å². The van der Waals surface area contributed by atoms with Crippen molar-refractivity contribution in [1.29, 1.82) is 0 Å². The Hall–Kier alpha value is -0.870. The molecule has 2 rings (SSSR count). The summed E-state index contributed by atoms with van der Waals surface area (Å²) in [5.74, 6) is 0.596. The van der Waals surface area contributed by atoms with Crippen LogP contribution in [0.5, 0.6) is 0 Å². The molecule has 2 N–H and O–H groups in total. The number of nitrogens with one attached hydrogen (secondary N) is 2. The first-order valence-electron chi connectivity index (χ1n) is 7.07. The summed E-state index contributed by atoms with van der Waals surface area (Å²) in [6.07, 6.45) is 2.31. The molecule has 1 unspecified atom stereocenters. The van der Waals surface area contributed by atoms with Gasteiger partial charge in [-0.3, -0.25) is 4.79 Å². The zero-order chi connectivity index (χ0) is 13.9. The molecule has 0 bridgehead atoms. The SMILES string of the molecule is C[C@@H](NC(=O)C(C)(C)C1CCCNC1)c1cccs1. The van der Waals surface area contributed by atoms with Crippen molar-refractivity contribution in [3.05, 3.63) is 22.4 Å². The molecular formula is C15H24N2OS. The van der Waals surface area contributed by atoms with Gasteiger partial charge in [-0.05, 0) is 50.2 Å². The van der Waals surface area contributed by atoms with Crippen molar-refractivity contribution in [2.75, 3.05) is 13.1 Å². The summed E-state index contributed by atoms with van der Waals surface area (Å²) in [6.45, 7) is 8.23. The maximum absolute atomic E-state index is 12.5. The fourth-order valence-corrected chi connectivity index (χ4v) is 3.38. The Labute approximate surface area is 119 Å². The Bertz CT molecular complexity index is 408. The van der Waals surface area contributed by atoms with Crippen molar-refractivity contribution >= 4 is 17.2 Å². The van der Waals surface area contributed by atoms with Gasteiger partial charge >= 0.3 is 0 Å². The van der Waals surface area contributed by atoms with Crippen LogP contribution in [0, 0.1) is 11.3 Å². The Morgan fingerprint density at radius 3 is 2.95 bits per heavy atom. The Morgan fingerprint density at radius 2 is 2.37 bits per heavy atom. The maximum Gasteiger partial charge on any atom is 0.226 e. The lowest BCUT2D eigenvalue weighted by molar-refractivity contribution is -0.133.